The SMILES string of the molecule is Nc1cc(Cl)ccc1C1=NOC(C=O)N1. The molecular weight excluding hydrogens is 218 g/mol. The van der Waals surface area contributed by atoms with Gasteiger partial charge in [-0.15, -0.1) is 0 Å². The van der Waals surface area contributed by atoms with Crippen molar-refractivity contribution < 1.29 is 9.63 Å². The summed E-state index contributed by atoms with van der Waals surface area (Å²) in [6.07, 6.45) is -0.127. The Morgan fingerprint density at radius 1 is 1.60 bits per heavy atom. The van der Waals surface area contributed by atoms with Crippen molar-refractivity contribution in [1.29, 1.82) is 0 Å². The van der Waals surface area contributed by atoms with Crippen LogP contribution in [0, 0.1) is 0 Å². The summed E-state index contributed by atoms with van der Waals surface area (Å²) in [5.41, 5.74) is 6.87. The van der Waals surface area contributed by atoms with E-state index in [2.05, 4.69) is 10.5 Å². The molecule has 1 unspecified atom stereocenters. The number of nitrogens with two attached hydrogens (primary N) is 1. The molecule has 0 aliphatic carbocycles. The molecule has 2 rings (SSSR count). The van der Waals surface area contributed by atoms with E-state index in [4.69, 9.17) is 22.2 Å². The summed E-state index contributed by atoms with van der Waals surface area (Å²) in [5.74, 6) is 0.432. The summed E-state index contributed by atoms with van der Waals surface area (Å²) in [6, 6.07) is 5.00. The van der Waals surface area contributed by atoms with Crippen LogP contribution >= 0.6 is 11.6 Å². The molecule has 0 amide bonds. The Kier molecular flexibility index (Phi) is 2.47. The topological polar surface area (TPSA) is 76.7 Å². The third kappa shape index (κ3) is 1.87. The molecule has 0 bridgehead atoms. The molecule has 3 N–H and O–H groups in total. The number of nitrogens with one attached hydrogen (secondary N) is 1. The molecule has 0 radical (unpaired) electrons. The average molecular weight is 226 g/mol. The van der Waals surface area contributed by atoms with Gasteiger partial charge in [-0.3, -0.25) is 4.79 Å². The zero-order valence-corrected chi connectivity index (χ0v) is 8.36. The Bertz CT molecular complexity index is 433. The number of nitrogens with zero attached hydrogens (tertiary/aromatic N) is 1. The van der Waals surface area contributed by atoms with E-state index >= 15 is 0 Å². The van der Waals surface area contributed by atoms with Gasteiger partial charge >= 0.3 is 0 Å². The largest absolute Gasteiger partial charge is 0.398 e. The van der Waals surface area contributed by atoms with Crippen molar-refractivity contribution >= 4 is 29.4 Å². The number of carbonyl (C=O) groups is 1. The smallest absolute Gasteiger partial charge is 0.254 e. The van der Waals surface area contributed by atoms with Crippen LogP contribution in [0.15, 0.2) is 23.4 Å². The number of carbonyl (C=O) groups excluding carboxylic acids is 1. The molecule has 0 saturated heterocycles. The van der Waals surface area contributed by atoms with Gasteiger partial charge in [0.15, 0.2) is 12.1 Å². The maximum atomic E-state index is 10.4. The number of amidine groups is 1. The van der Waals surface area contributed by atoms with Gasteiger partial charge in [-0.25, -0.2) is 0 Å². The summed E-state index contributed by atoms with van der Waals surface area (Å²) >= 11 is 5.75. The third-order valence-corrected chi connectivity index (χ3v) is 2.16. The maximum absolute atomic E-state index is 10.4. The highest BCUT2D eigenvalue weighted by Crippen LogP contribution is 2.19. The van der Waals surface area contributed by atoms with Crippen LogP contribution in [0.5, 0.6) is 0 Å². The lowest BCUT2D eigenvalue weighted by molar-refractivity contribution is -0.117. The zero-order valence-electron chi connectivity index (χ0n) is 7.61. The van der Waals surface area contributed by atoms with Gasteiger partial charge in [-0.05, 0) is 18.2 Å². The van der Waals surface area contributed by atoms with E-state index in [1.54, 1.807) is 18.2 Å². The summed E-state index contributed by atoms with van der Waals surface area (Å²) in [7, 11) is 0. The van der Waals surface area contributed by atoms with Crippen molar-refractivity contribution in [2.75, 3.05) is 5.73 Å². The van der Waals surface area contributed by atoms with Gasteiger partial charge in [0, 0.05) is 16.3 Å². The molecule has 1 atom stereocenters. The first kappa shape index (κ1) is 9.79. The van der Waals surface area contributed by atoms with Gasteiger partial charge in [0.05, 0.1) is 0 Å². The second-order valence-corrected chi connectivity index (χ2v) is 3.41. The molecular formula is C9H8ClN3O2. The number of hydrogen-bond acceptors (Lipinski definition) is 5. The van der Waals surface area contributed by atoms with E-state index < -0.39 is 6.23 Å². The molecule has 5 nitrogen and oxygen atoms in total. The van der Waals surface area contributed by atoms with E-state index in [0.29, 0.717) is 28.4 Å². The van der Waals surface area contributed by atoms with E-state index in [0.717, 1.165) is 0 Å². The normalized spacial score (nSPS) is 19.0. The van der Waals surface area contributed by atoms with Gasteiger partial charge in [0.2, 0.25) is 0 Å². The number of benzene rings is 1. The molecule has 6 heteroatoms. The van der Waals surface area contributed by atoms with Crippen LogP contribution in [0.4, 0.5) is 5.69 Å². The fourth-order valence-corrected chi connectivity index (χ4v) is 1.41. The van der Waals surface area contributed by atoms with Crippen LogP contribution in [0.25, 0.3) is 0 Å². The number of hydrogen-bond donors (Lipinski definition) is 2. The number of halogens is 1. The van der Waals surface area contributed by atoms with Crippen LogP contribution in [0.1, 0.15) is 5.56 Å². The Hall–Kier alpha value is -1.75. The number of anilines is 1. The average Bonchev–Trinajstić information content (AvgIpc) is 2.66. The predicted octanol–water partition coefficient (Wildman–Crippen LogP) is 0.729. The quantitative estimate of drug-likeness (QED) is 0.575. The van der Waals surface area contributed by atoms with Crippen molar-refractivity contribution in [3.05, 3.63) is 28.8 Å². The summed E-state index contributed by atoms with van der Waals surface area (Å²) in [4.78, 5) is 15.2. The lowest BCUT2D eigenvalue weighted by atomic mass is 10.1. The molecule has 1 aliphatic heterocycles. The summed E-state index contributed by atoms with van der Waals surface area (Å²) < 4.78 is 0. The fourth-order valence-electron chi connectivity index (χ4n) is 1.23. The molecule has 0 aromatic heterocycles. The number of rotatable bonds is 2. The van der Waals surface area contributed by atoms with Gasteiger partial charge in [-0.2, -0.15) is 0 Å². The van der Waals surface area contributed by atoms with Crippen LogP contribution in [-0.4, -0.2) is 18.3 Å². The van der Waals surface area contributed by atoms with Crippen LogP contribution in [0.2, 0.25) is 5.02 Å². The van der Waals surface area contributed by atoms with Crippen molar-refractivity contribution in [1.82, 2.24) is 5.32 Å². The predicted molar refractivity (Wildman–Crippen MR) is 56.5 cm³/mol. The third-order valence-electron chi connectivity index (χ3n) is 1.93. The Morgan fingerprint density at radius 2 is 2.40 bits per heavy atom. The highest BCUT2D eigenvalue weighted by molar-refractivity contribution is 6.31. The molecule has 1 aliphatic rings. The van der Waals surface area contributed by atoms with Crippen LogP contribution in [0.3, 0.4) is 0 Å². The van der Waals surface area contributed by atoms with E-state index in [-0.39, 0.29) is 0 Å². The molecule has 1 aromatic carbocycles. The van der Waals surface area contributed by atoms with Crippen LogP contribution < -0.4 is 11.1 Å². The highest BCUT2D eigenvalue weighted by Gasteiger charge is 2.20. The molecule has 78 valence electrons. The summed E-state index contributed by atoms with van der Waals surface area (Å²) in [6.45, 7) is 0. The number of nitrogen functional groups attached to an aromatic ring is 1. The van der Waals surface area contributed by atoms with E-state index in [1.807, 2.05) is 0 Å². The first-order chi connectivity index (χ1) is 7.20. The van der Waals surface area contributed by atoms with Gasteiger partial charge < -0.3 is 15.9 Å². The van der Waals surface area contributed by atoms with Crippen molar-refractivity contribution in [2.45, 2.75) is 6.23 Å². The minimum atomic E-state index is -0.741. The number of oxime groups is 1. The first-order valence-corrected chi connectivity index (χ1v) is 4.59. The minimum Gasteiger partial charge on any atom is -0.398 e. The zero-order chi connectivity index (χ0) is 10.8. The minimum absolute atomic E-state index is 0.432. The monoisotopic (exact) mass is 225 g/mol. The lowest BCUT2D eigenvalue weighted by Gasteiger charge is -2.05. The van der Waals surface area contributed by atoms with Gasteiger partial charge in [-0.1, -0.05) is 16.8 Å². The Balaban J connectivity index is 2.28. The molecule has 0 spiro atoms. The Labute approximate surface area is 90.8 Å². The molecule has 0 fully saturated rings. The second kappa shape index (κ2) is 3.78. The van der Waals surface area contributed by atoms with Crippen LogP contribution in [-0.2, 0) is 9.63 Å². The molecule has 15 heavy (non-hydrogen) atoms. The van der Waals surface area contributed by atoms with Crippen molar-refractivity contribution in [2.24, 2.45) is 5.16 Å². The molecule has 0 saturated carbocycles. The van der Waals surface area contributed by atoms with Gasteiger partial charge in [0.25, 0.3) is 6.23 Å². The standard InChI is InChI=1S/C9H8ClN3O2/c10-5-1-2-6(7(11)3-5)9-12-8(4-14)15-13-9/h1-4,8H,11H2,(H,12,13). The van der Waals surface area contributed by atoms with E-state index in [1.165, 1.54) is 0 Å². The van der Waals surface area contributed by atoms with E-state index in [9.17, 15) is 4.79 Å². The molecule has 1 heterocycles. The highest BCUT2D eigenvalue weighted by atomic mass is 35.5. The van der Waals surface area contributed by atoms with Crippen molar-refractivity contribution in [3.8, 4) is 0 Å². The Morgan fingerprint density at radius 3 is 3.00 bits per heavy atom. The fraction of sp³-hybridized carbons (Fsp3) is 0.111. The number of aldehydes is 1. The molecule has 1 aromatic rings. The van der Waals surface area contributed by atoms with Gasteiger partial charge in [0.1, 0.15) is 0 Å². The second-order valence-electron chi connectivity index (χ2n) is 2.98. The van der Waals surface area contributed by atoms with Crippen molar-refractivity contribution in [3.63, 3.8) is 0 Å². The lowest BCUT2D eigenvalue weighted by Crippen LogP contribution is -2.31. The first-order valence-electron chi connectivity index (χ1n) is 4.22. The summed E-state index contributed by atoms with van der Waals surface area (Å²) in [5, 5.41) is 7.00. The maximum Gasteiger partial charge on any atom is 0.254 e.